The van der Waals surface area contributed by atoms with Gasteiger partial charge < -0.3 is 9.13 Å². The number of rotatable bonds is 5. The Balaban J connectivity index is 1.27. The summed E-state index contributed by atoms with van der Waals surface area (Å²) in [4.78, 5) is 0. The lowest BCUT2D eigenvalue weighted by Gasteiger charge is -2.13. The maximum absolute atomic E-state index is 9.59. The van der Waals surface area contributed by atoms with E-state index in [0.717, 1.165) is 60.5 Å². The molecule has 2 nitrogen and oxygen atoms in total. The van der Waals surface area contributed by atoms with Crippen LogP contribution in [0.4, 0.5) is 0 Å². The lowest BCUT2D eigenvalue weighted by atomic mass is 9.92. The maximum atomic E-state index is 9.59. The molecule has 0 amide bonds. The Morgan fingerprint density at radius 1 is 0.360 bits per heavy atom. The minimum Gasteiger partial charge on any atom is -0.309 e. The fraction of sp³-hybridized carbons (Fsp3) is 0. The highest BCUT2D eigenvalue weighted by atomic mass is 15.0. The van der Waals surface area contributed by atoms with Crippen molar-refractivity contribution < 1.29 is 12.3 Å². The van der Waals surface area contributed by atoms with Crippen LogP contribution in [0.25, 0.3) is 88.4 Å². The number of benzene rings is 8. The predicted octanol–water partition coefficient (Wildman–Crippen LogP) is 12.9. The molecule has 0 saturated heterocycles. The van der Waals surface area contributed by atoms with Gasteiger partial charge in [0.25, 0.3) is 0 Å². The quantitative estimate of drug-likeness (QED) is 0.176. The predicted molar refractivity (Wildman–Crippen MR) is 211 cm³/mol. The molecule has 10 aromatic rings. The first kappa shape index (κ1) is 20.7. The minimum atomic E-state index is -0.609. The molecule has 0 aliphatic carbocycles. The van der Waals surface area contributed by atoms with Crippen molar-refractivity contribution in [1.82, 2.24) is 9.13 Å². The molecule has 0 saturated carbocycles. The Labute approximate surface area is 303 Å². The summed E-state index contributed by atoms with van der Waals surface area (Å²) in [6.45, 7) is 0. The van der Waals surface area contributed by atoms with Crippen LogP contribution in [0.3, 0.4) is 0 Å². The van der Waals surface area contributed by atoms with E-state index in [4.69, 9.17) is 9.60 Å². The smallest absolute Gasteiger partial charge is 0.0651 e. The van der Waals surface area contributed by atoms with Crippen LogP contribution in [0.5, 0.6) is 0 Å². The van der Waals surface area contributed by atoms with E-state index in [-0.39, 0.29) is 28.9 Å². The normalized spacial score (nSPS) is 14.1. The van der Waals surface area contributed by atoms with Gasteiger partial charge in [0.15, 0.2) is 0 Å². The molecule has 0 aliphatic heterocycles. The standard InChI is InChI=1S/C48H32N2/c1-3-15-33(16-4-1)35-19-13-20-36(31-35)50-44-26-11-9-23-40(44)41-30-29-37(32-47(41)50)49-45-27-12-10-24-43(45)48-42(25-14-28-46(48)49)39-22-8-7-21-38(39)34-17-5-2-6-18-34/h1-32H/i1D,3D,4D,13D,15D,16D,19D,20D,31D. The van der Waals surface area contributed by atoms with Gasteiger partial charge in [-0.1, -0.05) is 151 Å². The minimum absolute atomic E-state index is 0.0295. The van der Waals surface area contributed by atoms with Crippen LogP contribution < -0.4 is 0 Å². The summed E-state index contributed by atoms with van der Waals surface area (Å²) in [5.41, 5.74) is 7.80. The van der Waals surface area contributed by atoms with Gasteiger partial charge in [-0.15, -0.1) is 0 Å². The molecule has 234 valence electrons. The van der Waals surface area contributed by atoms with E-state index >= 15 is 0 Å². The third-order valence-electron chi connectivity index (χ3n) is 9.50. The average molecular weight is 646 g/mol. The molecule has 2 aromatic heterocycles. The van der Waals surface area contributed by atoms with E-state index < -0.39 is 42.3 Å². The van der Waals surface area contributed by atoms with Gasteiger partial charge in [-0.05, 0) is 75.8 Å². The molecule has 0 atom stereocenters. The maximum Gasteiger partial charge on any atom is 0.0651 e. The summed E-state index contributed by atoms with van der Waals surface area (Å²) in [6.07, 6.45) is 0. The summed E-state index contributed by atoms with van der Waals surface area (Å²) >= 11 is 0. The van der Waals surface area contributed by atoms with Gasteiger partial charge in [0, 0.05) is 32.9 Å². The summed E-state index contributed by atoms with van der Waals surface area (Å²) in [7, 11) is 0. The fourth-order valence-corrected chi connectivity index (χ4v) is 7.39. The van der Waals surface area contributed by atoms with Gasteiger partial charge in [-0.25, -0.2) is 0 Å². The molecular formula is C48H32N2. The Morgan fingerprint density at radius 2 is 0.980 bits per heavy atom. The molecule has 0 spiro atoms. The van der Waals surface area contributed by atoms with Crippen LogP contribution in [0, 0.1) is 0 Å². The Bertz CT molecular complexity index is 3360. The molecule has 0 aliphatic rings. The summed E-state index contributed by atoms with van der Waals surface area (Å²) in [5, 5.41) is 3.81. The number of nitrogens with zero attached hydrogens (tertiary/aromatic N) is 2. The number of para-hydroxylation sites is 2. The van der Waals surface area contributed by atoms with Gasteiger partial charge in [-0.3, -0.25) is 0 Å². The largest absolute Gasteiger partial charge is 0.309 e. The highest BCUT2D eigenvalue weighted by molar-refractivity contribution is 6.17. The lowest BCUT2D eigenvalue weighted by Crippen LogP contribution is -1.97. The summed E-state index contributed by atoms with van der Waals surface area (Å²) < 4.78 is 82.8. The molecule has 10 rings (SSSR count). The molecule has 50 heavy (non-hydrogen) atoms. The Morgan fingerprint density at radius 3 is 1.82 bits per heavy atom. The molecule has 0 radical (unpaired) electrons. The monoisotopic (exact) mass is 645 g/mol. The molecule has 2 heterocycles. The second-order valence-electron chi connectivity index (χ2n) is 12.2. The topological polar surface area (TPSA) is 9.86 Å². The molecule has 0 N–H and O–H groups in total. The van der Waals surface area contributed by atoms with Gasteiger partial charge in [0.2, 0.25) is 0 Å². The first-order chi connectivity index (χ1) is 28.6. The highest BCUT2D eigenvalue weighted by Crippen LogP contribution is 2.42. The van der Waals surface area contributed by atoms with Gasteiger partial charge in [-0.2, -0.15) is 0 Å². The van der Waals surface area contributed by atoms with Crippen LogP contribution >= 0.6 is 0 Å². The molecule has 8 aromatic carbocycles. The van der Waals surface area contributed by atoms with E-state index in [1.807, 2.05) is 66.7 Å². The lowest BCUT2D eigenvalue weighted by molar-refractivity contribution is 1.15. The van der Waals surface area contributed by atoms with Crippen molar-refractivity contribution >= 4 is 43.6 Å². The number of aromatic nitrogens is 2. The van der Waals surface area contributed by atoms with Crippen molar-refractivity contribution in [3.63, 3.8) is 0 Å². The molecule has 0 fully saturated rings. The summed E-state index contributed by atoms with van der Waals surface area (Å²) in [5.74, 6) is 0. The van der Waals surface area contributed by atoms with Crippen LogP contribution in [-0.4, -0.2) is 9.13 Å². The van der Waals surface area contributed by atoms with Gasteiger partial charge >= 0.3 is 0 Å². The zero-order chi connectivity index (χ0) is 40.9. The van der Waals surface area contributed by atoms with Crippen LogP contribution in [-0.2, 0) is 0 Å². The average Bonchev–Trinajstić information content (AvgIpc) is 3.78. The van der Waals surface area contributed by atoms with Crippen LogP contribution in [0.1, 0.15) is 12.3 Å². The third-order valence-corrected chi connectivity index (χ3v) is 9.50. The van der Waals surface area contributed by atoms with Crippen molar-refractivity contribution in [2.75, 3.05) is 0 Å². The van der Waals surface area contributed by atoms with E-state index in [1.165, 1.54) is 0 Å². The number of hydrogen-bond donors (Lipinski definition) is 0. The highest BCUT2D eigenvalue weighted by Gasteiger charge is 2.19. The fourth-order valence-electron chi connectivity index (χ4n) is 7.39. The van der Waals surface area contributed by atoms with Gasteiger partial charge in [0.1, 0.15) is 0 Å². The number of fused-ring (bicyclic) bond motifs is 6. The van der Waals surface area contributed by atoms with Crippen molar-refractivity contribution in [3.05, 3.63) is 194 Å². The van der Waals surface area contributed by atoms with Gasteiger partial charge in [0.05, 0.1) is 34.4 Å². The van der Waals surface area contributed by atoms with E-state index in [0.29, 0.717) is 11.0 Å². The van der Waals surface area contributed by atoms with Crippen LogP contribution in [0.2, 0.25) is 0 Å². The molecule has 0 unspecified atom stereocenters. The number of hydrogen-bond acceptors (Lipinski definition) is 0. The van der Waals surface area contributed by atoms with Crippen molar-refractivity contribution in [1.29, 1.82) is 0 Å². The Hall–Kier alpha value is -6.64. The third kappa shape index (κ3) is 4.43. The molecular weight excluding hydrogens is 605 g/mol. The van der Waals surface area contributed by atoms with Crippen molar-refractivity contribution in [3.8, 4) is 44.8 Å². The van der Waals surface area contributed by atoms with Crippen LogP contribution in [0.15, 0.2) is 194 Å². The second kappa shape index (κ2) is 11.5. The Kier molecular flexibility index (Phi) is 4.76. The first-order valence-corrected chi connectivity index (χ1v) is 16.5. The zero-order valence-electron chi connectivity index (χ0n) is 35.7. The molecule has 2 heteroatoms. The summed E-state index contributed by atoms with van der Waals surface area (Å²) in [6, 6.07) is 42.2. The van der Waals surface area contributed by atoms with Crippen molar-refractivity contribution in [2.24, 2.45) is 0 Å². The zero-order valence-corrected chi connectivity index (χ0v) is 26.7. The first-order valence-electron chi connectivity index (χ1n) is 21.0. The van der Waals surface area contributed by atoms with E-state index in [1.54, 1.807) is 4.57 Å². The van der Waals surface area contributed by atoms with Crippen molar-refractivity contribution in [2.45, 2.75) is 0 Å². The van der Waals surface area contributed by atoms with E-state index in [2.05, 4.69) is 77.4 Å². The molecule has 0 bridgehead atoms. The van der Waals surface area contributed by atoms with E-state index in [9.17, 15) is 2.74 Å². The second-order valence-corrected chi connectivity index (χ2v) is 12.2. The SMILES string of the molecule is [2H]c1c([2H])c([2H])c(-c2c([2H])c([2H])c([2H])c(-n3c4ccccc4c4ccc(-n5c6ccccc6c6c(-c7ccccc7-c7ccccc7)cccc65)cc43)c2[2H])c([2H])c1[2H].